The Bertz CT molecular complexity index is 378. The summed E-state index contributed by atoms with van der Waals surface area (Å²) in [4.78, 5) is 13.0. The molecular formula is C9H15N5O2. The van der Waals surface area contributed by atoms with Crippen LogP contribution in [0.1, 0.15) is 18.9 Å². The Morgan fingerprint density at radius 1 is 1.56 bits per heavy atom. The van der Waals surface area contributed by atoms with E-state index in [0.29, 0.717) is 25.0 Å². The Labute approximate surface area is 93.2 Å². The molecule has 1 atom stereocenters. The molecule has 7 heteroatoms. The summed E-state index contributed by atoms with van der Waals surface area (Å²) >= 11 is 0. The Hall–Kier alpha value is -1.63. The van der Waals surface area contributed by atoms with Gasteiger partial charge in [-0.2, -0.15) is 0 Å². The fourth-order valence-corrected chi connectivity index (χ4v) is 1.45. The van der Waals surface area contributed by atoms with Crippen molar-refractivity contribution in [3.63, 3.8) is 0 Å². The van der Waals surface area contributed by atoms with Gasteiger partial charge in [0.25, 0.3) is 0 Å². The summed E-state index contributed by atoms with van der Waals surface area (Å²) in [6.45, 7) is 3.51. The van der Waals surface area contributed by atoms with E-state index in [2.05, 4.69) is 20.8 Å². The van der Waals surface area contributed by atoms with E-state index in [-0.39, 0.29) is 18.5 Å². The van der Waals surface area contributed by atoms with Gasteiger partial charge in [-0.1, -0.05) is 5.10 Å². The van der Waals surface area contributed by atoms with Gasteiger partial charge in [0, 0.05) is 13.1 Å². The van der Waals surface area contributed by atoms with Crippen LogP contribution in [-0.4, -0.2) is 42.8 Å². The Kier molecular flexibility index (Phi) is 3.04. The highest BCUT2D eigenvalue weighted by Crippen LogP contribution is 2.17. The van der Waals surface area contributed by atoms with E-state index >= 15 is 0 Å². The molecule has 0 aromatic carbocycles. The molecule has 1 unspecified atom stereocenters. The first kappa shape index (κ1) is 10.9. The molecule has 1 fully saturated rings. The number of hydrogen-bond donors (Lipinski definition) is 2. The Balaban J connectivity index is 2.09. The zero-order chi connectivity index (χ0) is 11.5. The highest BCUT2D eigenvalue weighted by atomic mass is 16.4. The van der Waals surface area contributed by atoms with Crippen LogP contribution in [-0.2, 0) is 4.79 Å². The average Bonchev–Trinajstić information content (AvgIpc) is 2.77. The molecule has 1 aromatic heterocycles. The summed E-state index contributed by atoms with van der Waals surface area (Å²) in [6.07, 6.45) is 0. The van der Waals surface area contributed by atoms with E-state index in [1.807, 2.05) is 14.0 Å². The van der Waals surface area contributed by atoms with E-state index in [1.165, 1.54) is 0 Å². The number of carbonyl (C=O) groups excluding carboxylic acids is 1. The summed E-state index contributed by atoms with van der Waals surface area (Å²) < 4.78 is 5.49. The fraction of sp³-hybridized carbons (Fsp3) is 0.667. The topological polar surface area (TPSA) is 83.3 Å². The van der Waals surface area contributed by atoms with Gasteiger partial charge in [0.15, 0.2) is 0 Å². The van der Waals surface area contributed by atoms with Crippen molar-refractivity contribution in [2.24, 2.45) is 0 Å². The standard InChI is InChI=1S/C9H15N5O2/c1-6(10-2)8-12-13-9(16-8)14-4-3-11-7(15)5-14/h6,10H,3-5H2,1-2H3,(H,11,15). The van der Waals surface area contributed by atoms with Crippen LogP contribution in [0, 0.1) is 0 Å². The Morgan fingerprint density at radius 3 is 3.06 bits per heavy atom. The first-order valence-electron chi connectivity index (χ1n) is 5.23. The molecule has 1 aliphatic heterocycles. The van der Waals surface area contributed by atoms with E-state index in [9.17, 15) is 4.79 Å². The third-order valence-corrected chi connectivity index (χ3v) is 2.54. The van der Waals surface area contributed by atoms with Crippen LogP contribution in [0.4, 0.5) is 6.01 Å². The van der Waals surface area contributed by atoms with Crippen LogP contribution >= 0.6 is 0 Å². The quantitative estimate of drug-likeness (QED) is 0.706. The first-order chi connectivity index (χ1) is 7.70. The lowest BCUT2D eigenvalue weighted by molar-refractivity contribution is -0.120. The predicted molar refractivity (Wildman–Crippen MR) is 57.0 cm³/mol. The van der Waals surface area contributed by atoms with Gasteiger partial charge in [-0.05, 0) is 14.0 Å². The lowest BCUT2D eigenvalue weighted by Crippen LogP contribution is -2.47. The van der Waals surface area contributed by atoms with Crippen molar-refractivity contribution < 1.29 is 9.21 Å². The van der Waals surface area contributed by atoms with E-state index < -0.39 is 0 Å². The lowest BCUT2D eigenvalue weighted by atomic mass is 10.3. The lowest BCUT2D eigenvalue weighted by Gasteiger charge is -2.24. The molecule has 2 rings (SSSR count). The van der Waals surface area contributed by atoms with Gasteiger partial charge in [-0.15, -0.1) is 5.10 Å². The molecule has 0 radical (unpaired) electrons. The smallest absolute Gasteiger partial charge is 0.318 e. The molecule has 0 spiro atoms. The maximum Gasteiger partial charge on any atom is 0.318 e. The molecule has 1 saturated heterocycles. The summed E-state index contributed by atoms with van der Waals surface area (Å²) in [5, 5.41) is 13.6. The van der Waals surface area contributed by atoms with Gasteiger partial charge in [0.05, 0.1) is 6.04 Å². The van der Waals surface area contributed by atoms with Crippen LogP contribution in [0.2, 0.25) is 0 Å². The van der Waals surface area contributed by atoms with Crippen LogP contribution in [0.15, 0.2) is 4.42 Å². The second kappa shape index (κ2) is 4.48. The van der Waals surface area contributed by atoms with Gasteiger partial charge < -0.3 is 20.0 Å². The number of nitrogens with zero attached hydrogens (tertiary/aromatic N) is 3. The van der Waals surface area contributed by atoms with Crippen LogP contribution in [0.25, 0.3) is 0 Å². The number of carbonyl (C=O) groups is 1. The molecular weight excluding hydrogens is 210 g/mol. The van der Waals surface area contributed by atoms with Gasteiger partial charge in [-0.25, -0.2) is 0 Å². The van der Waals surface area contributed by atoms with Crippen LogP contribution < -0.4 is 15.5 Å². The zero-order valence-corrected chi connectivity index (χ0v) is 9.36. The molecule has 2 heterocycles. The number of nitrogens with one attached hydrogen (secondary N) is 2. The number of hydrogen-bond acceptors (Lipinski definition) is 6. The zero-order valence-electron chi connectivity index (χ0n) is 9.36. The number of aromatic nitrogens is 2. The van der Waals surface area contributed by atoms with Crippen molar-refractivity contribution in [3.05, 3.63) is 5.89 Å². The SMILES string of the molecule is CNC(C)c1nnc(N2CCNC(=O)C2)o1. The van der Waals surface area contributed by atoms with E-state index in [1.54, 1.807) is 4.90 Å². The van der Waals surface area contributed by atoms with Crippen molar-refractivity contribution in [1.82, 2.24) is 20.8 Å². The second-order valence-electron chi connectivity index (χ2n) is 3.70. The minimum atomic E-state index is -0.0207. The van der Waals surface area contributed by atoms with Crippen molar-refractivity contribution >= 4 is 11.9 Å². The van der Waals surface area contributed by atoms with Gasteiger partial charge >= 0.3 is 6.01 Å². The number of piperazine rings is 1. The summed E-state index contributed by atoms with van der Waals surface area (Å²) in [6, 6.07) is 0.423. The molecule has 0 saturated carbocycles. The van der Waals surface area contributed by atoms with Gasteiger partial charge in [-0.3, -0.25) is 4.79 Å². The average molecular weight is 225 g/mol. The number of rotatable bonds is 3. The minimum Gasteiger partial charge on any atom is -0.406 e. The normalized spacial score (nSPS) is 18.4. The highest BCUT2D eigenvalue weighted by Gasteiger charge is 2.22. The van der Waals surface area contributed by atoms with Crippen molar-refractivity contribution in [3.8, 4) is 0 Å². The van der Waals surface area contributed by atoms with Crippen molar-refractivity contribution in [1.29, 1.82) is 0 Å². The maximum atomic E-state index is 11.2. The molecule has 7 nitrogen and oxygen atoms in total. The van der Waals surface area contributed by atoms with Crippen LogP contribution in [0.3, 0.4) is 0 Å². The van der Waals surface area contributed by atoms with E-state index in [4.69, 9.17) is 4.42 Å². The van der Waals surface area contributed by atoms with Crippen LogP contribution in [0.5, 0.6) is 0 Å². The molecule has 0 bridgehead atoms. The largest absolute Gasteiger partial charge is 0.406 e. The molecule has 1 amide bonds. The molecule has 2 N–H and O–H groups in total. The monoisotopic (exact) mass is 225 g/mol. The van der Waals surface area contributed by atoms with Crippen molar-refractivity contribution in [2.75, 3.05) is 31.6 Å². The third kappa shape index (κ3) is 2.13. The summed E-state index contributed by atoms with van der Waals surface area (Å²) in [5.41, 5.74) is 0. The highest BCUT2D eigenvalue weighted by molar-refractivity contribution is 5.81. The Morgan fingerprint density at radius 2 is 2.38 bits per heavy atom. The number of amides is 1. The molecule has 88 valence electrons. The second-order valence-corrected chi connectivity index (χ2v) is 3.70. The first-order valence-corrected chi connectivity index (χ1v) is 5.23. The fourth-order valence-electron chi connectivity index (χ4n) is 1.45. The molecule has 1 aliphatic rings. The number of anilines is 1. The maximum absolute atomic E-state index is 11.2. The molecule has 16 heavy (non-hydrogen) atoms. The van der Waals surface area contributed by atoms with Gasteiger partial charge in [0.2, 0.25) is 11.8 Å². The summed E-state index contributed by atoms with van der Waals surface area (Å²) in [7, 11) is 1.82. The molecule has 1 aromatic rings. The molecule has 0 aliphatic carbocycles. The van der Waals surface area contributed by atoms with Gasteiger partial charge in [0.1, 0.15) is 6.54 Å². The third-order valence-electron chi connectivity index (χ3n) is 2.54. The van der Waals surface area contributed by atoms with E-state index in [0.717, 1.165) is 0 Å². The summed E-state index contributed by atoms with van der Waals surface area (Å²) in [5.74, 6) is 0.510. The minimum absolute atomic E-state index is 0.0138. The predicted octanol–water partition coefficient (Wildman–Crippen LogP) is -0.714. The van der Waals surface area contributed by atoms with Crippen molar-refractivity contribution in [2.45, 2.75) is 13.0 Å².